The van der Waals surface area contributed by atoms with Crippen molar-refractivity contribution < 1.29 is 14.3 Å². The molecule has 1 heterocycles. The van der Waals surface area contributed by atoms with Gasteiger partial charge in [-0.25, -0.2) is 4.98 Å². The summed E-state index contributed by atoms with van der Waals surface area (Å²) in [5.41, 5.74) is 2.77. The highest BCUT2D eigenvalue weighted by Crippen LogP contribution is 2.27. The number of rotatable bonds is 7. The molecule has 5 nitrogen and oxygen atoms in total. The Morgan fingerprint density at radius 3 is 2.59 bits per heavy atom. The van der Waals surface area contributed by atoms with Crippen LogP contribution in [0.2, 0.25) is 0 Å². The Labute approximate surface area is 163 Å². The molecule has 0 unspecified atom stereocenters. The maximum absolute atomic E-state index is 12.1. The number of hydrogen-bond acceptors (Lipinski definition) is 5. The van der Waals surface area contributed by atoms with Crippen molar-refractivity contribution in [3.8, 4) is 22.8 Å². The van der Waals surface area contributed by atoms with E-state index in [-0.39, 0.29) is 18.6 Å². The number of ether oxygens (including phenoxy) is 2. The van der Waals surface area contributed by atoms with Crippen LogP contribution in [-0.2, 0) is 4.79 Å². The molecule has 140 valence electrons. The molecule has 0 fully saturated rings. The van der Waals surface area contributed by atoms with Gasteiger partial charge in [-0.15, -0.1) is 11.3 Å². The van der Waals surface area contributed by atoms with E-state index in [1.54, 1.807) is 0 Å². The summed E-state index contributed by atoms with van der Waals surface area (Å²) in [6, 6.07) is 15.4. The smallest absolute Gasteiger partial charge is 0.264 e. The van der Waals surface area contributed by atoms with Crippen molar-refractivity contribution in [3.63, 3.8) is 0 Å². The molecule has 0 aliphatic heterocycles. The molecule has 0 aliphatic carbocycles. The van der Waals surface area contributed by atoms with Crippen LogP contribution in [0.15, 0.2) is 53.9 Å². The molecule has 0 atom stereocenters. The molecule has 6 heteroatoms. The molecule has 1 N–H and O–H groups in total. The lowest BCUT2D eigenvalue weighted by molar-refractivity contribution is -0.118. The number of hydrogen-bond donors (Lipinski definition) is 1. The summed E-state index contributed by atoms with van der Waals surface area (Å²) in [5.74, 6) is 1.29. The van der Waals surface area contributed by atoms with Crippen LogP contribution in [0.25, 0.3) is 11.3 Å². The minimum absolute atomic E-state index is 0.0546. The fourth-order valence-corrected chi connectivity index (χ4v) is 3.19. The molecule has 0 saturated heterocycles. The normalized spacial score (nSPS) is 10.7. The number of carbonyl (C=O) groups excluding carboxylic acids is 1. The van der Waals surface area contributed by atoms with Crippen molar-refractivity contribution in [2.45, 2.75) is 26.9 Å². The van der Waals surface area contributed by atoms with Gasteiger partial charge >= 0.3 is 0 Å². The number of aryl methyl sites for hydroxylation is 1. The highest BCUT2D eigenvalue weighted by atomic mass is 32.1. The summed E-state index contributed by atoms with van der Waals surface area (Å²) in [6.45, 7) is 5.87. The van der Waals surface area contributed by atoms with E-state index >= 15 is 0 Å². The van der Waals surface area contributed by atoms with Gasteiger partial charge in [-0.3, -0.25) is 10.1 Å². The number of benzene rings is 2. The Morgan fingerprint density at radius 2 is 1.89 bits per heavy atom. The summed E-state index contributed by atoms with van der Waals surface area (Å²) in [5, 5.41) is 5.24. The summed E-state index contributed by atoms with van der Waals surface area (Å²) in [7, 11) is 0. The van der Waals surface area contributed by atoms with Crippen LogP contribution in [0, 0.1) is 6.92 Å². The molecule has 2 aromatic carbocycles. The van der Waals surface area contributed by atoms with Gasteiger partial charge in [0.05, 0.1) is 11.8 Å². The quantitative estimate of drug-likeness (QED) is 0.630. The molecular weight excluding hydrogens is 360 g/mol. The first-order valence-corrected chi connectivity index (χ1v) is 9.60. The zero-order valence-electron chi connectivity index (χ0n) is 15.6. The minimum atomic E-state index is -0.236. The van der Waals surface area contributed by atoms with Crippen LogP contribution in [0.3, 0.4) is 0 Å². The first kappa shape index (κ1) is 18.9. The third-order valence-electron chi connectivity index (χ3n) is 3.72. The predicted molar refractivity (Wildman–Crippen MR) is 109 cm³/mol. The number of thiazole rings is 1. The van der Waals surface area contributed by atoms with Gasteiger partial charge in [0, 0.05) is 10.9 Å². The van der Waals surface area contributed by atoms with E-state index in [1.807, 2.05) is 74.7 Å². The number of nitrogens with zero attached hydrogens (tertiary/aromatic N) is 1. The second-order valence-corrected chi connectivity index (χ2v) is 7.19. The second-order valence-electron chi connectivity index (χ2n) is 6.33. The van der Waals surface area contributed by atoms with Gasteiger partial charge < -0.3 is 9.47 Å². The fraction of sp³-hybridized carbons (Fsp3) is 0.238. The van der Waals surface area contributed by atoms with E-state index in [0.717, 1.165) is 22.6 Å². The van der Waals surface area contributed by atoms with Crippen molar-refractivity contribution >= 4 is 22.4 Å². The Morgan fingerprint density at radius 1 is 1.15 bits per heavy atom. The Kier molecular flexibility index (Phi) is 6.08. The number of anilines is 1. The highest BCUT2D eigenvalue weighted by molar-refractivity contribution is 7.14. The topological polar surface area (TPSA) is 60.5 Å². The lowest BCUT2D eigenvalue weighted by Crippen LogP contribution is -2.20. The van der Waals surface area contributed by atoms with Gasteiger partial charge in [-0.05, 0) is 56.7 Å². The zero-order chi connectivity index (χ0) is 19.2. The SMILES string of the molecule is Cc1ccccc1OCC(=O)Nc1nc(-c2ccc(OC(C)C)cc2)cs1. The Hall–Kier alpha value is -2.86. The van der Waals surface area contributed by atoms with Gasteiger partial charge in [0.2, 0.25) is 0 Å². The maximum Gasteiger partial charge on any atom is 0.264 e. The van der Waals surface area contributed by atoms with Gasteiger partial charge in [0.25, 0.3) is 5.91 Å². The minimum Gasteiger partial charge on any atom is -0.491 e. The van der Waals surface area contributed by atoms with E-state index in [1.165, 1.54) is 11.3 Å². The molecule has 3 aromatic rings. The Balaban J connectivity index is 1.57. The standard InChI is InChI=1S/C21H22N2O3S/c1-14(2)26-17-10-8-16(9-11-17)18-13-27-21(22-18)23-20(24)12-25-19-7-5-4-6-15(19)3/h4-11,13-14H,12H2,1-3H3,(H,22,23,24). The van der Waals surface area contributed by atoms with Crippen LogP contribution < -0.4 is 14.8 Å². The van der Waals surface area contributed by atoms with E-state index in [2.05, 4.69) is 10.3 Å². The summed E-state index contributed by atoms with van der Waals surface area (Å²) in [4.78, 5) is 16.6. The molecule has 0 aliphatic rings. The van der Waals surface area contributed by atoms with Crippen molar-refractivity contribution in [1.82, 2.24) is 4.98 Å². The van der Waals surface area contributed by atoms with Gasteiger partial charge in [0.15, 0.2) is 11.7 Å². The number of nitrogens with one attached hydrogen (secondary N) is 1. The lowest BCUT2D eigenvalue weighted by atomic mass is 10.2. The van der Waals surface area contributed by atoms with Crippen molar-refractivity contribution in [2.75, 3.05) is 11.9 Å². The van der Waals surface area contributed by atoms with Crippen LogP contribution in [0.1, 0.15) is 19.4 Å². The lowest BCUT2D eigenvalue weighted by Gasteiger charge is -2.09. The molecule has 27 heavy (non-hydrogen) atoms. The number of para-hydroxylation sites is 1. The number of amides is 1. The fourth-order valence-electron chi connectivity index (χ4n) is 2.46. The molecule has 1 aromatic heterocycles. The van der Waals surface area contributed by atoms with Crippen molar-refractivity contribution in [2.24, 2.45) is 0 Å². The van der Waals surface area contributed by atoms with Crippen molar-refractivity contribution in [1.29, 1.82) is 0 Å². The van der Waals surface area contributed by atoms with E-state index in [0.29, 0.717) is 10.9 Å². The molecule has 1 amide bonds. The number of carbonyl (C=O) groups is 1. The van der Waals surface area contributed by atoms with Crippen LogP contribution in [-0.4, -0.2) is 23.6 Å². The zero-order valence-corrected chi connectivity index (χ0v) is 16.4. The molecule has 0 radical (unpaired) electrons. The highest BCUT2D eigenvalue weighted by Gasteiger charge is 2.10. The summed E-state index contributed by atoms with van der Waals surface area (Å²) < 4.78 is 11.2. The van der Waals surface area contributed by atoms with Gasteiger partial charge in [-0.2, -0.15) is 0 Å². The van der Waals surface area contributed by atoms with Crippen LogP contribution in [0.4, 0.5) is 5.13 Å². The maximum atomic E-state index is 12.1. The van der Waals surface area contributed by atoms with E-state index in [4.69, 9.17) is 9.47 Å². The van der Waals surface area contributed by atoms with E-state index in [9.17, 15) is 4.79 Å². The third kappa shape index (κ3) is 5.31. The average molecular weight is 382 g/mol. The summed E-state index contributed by atoms with van der Waals surface area (Å²) in [6.07, 6.45) is 0.138. The van der Waals surface area contributed by atoms with E-state index < -0.39 is 0 Å². The monoisotopic (exact) mass is 382 g/mol. The molecular formula is C21H22N2O3S. The summed E-state index contributed by atoms with van der Waals surface area (Å²) >= 11 is 1.38. The molecule has 0 bridgehead atoms. The van der Waals surface area contributed by atoms with Crippen molar-refractivity contribution in [3.05, 3.63) is 59.5 Å². The van der Waals surface area contributed by atoms with Gasteiger partial charge in [0.1, 0.15) is 11.5 Å². The van der Waals surface area contributed by atoms with Gasteiger partial charge in [-0.1, -0.05) is 18.2 Å². The largest absolute Gasteiger partial charge is 0.491 e. The third-order valence-corrected chi connectivity index (χ3v) is 4.48. The first-order chi connectivity index (χ1) is 13.0. The Bertz CT molecular complexity index is 904. The predicted octanol–water partition coefficient (Wildman–Crippen LogP) is 4.92. The number of aromatic nitrogens is 1. The second kappa shape index (κ2) is 8.68. The van der Waals surface area contributed by atoms with Crippen LogP contribution >= 0.6 is 11.3 Å². The van der Waals surface area contributed by atoms with Crippen LogP contribution in [0.5, 0.6) is 11.5 Å². The molecule has 3 rings (SSSR count). The first-order valence-electron chi connectivity index (χ1n) is 8.72. The molecule has 0 spiro atoms. The molecule has 0 saturated carbocycles. The average Bonchev–Trinajstić information content (AvgIpc) is 3.09.